The second-order valence-corrected chi connectivity index (χ2v) is 11.4. The molecular weight excluding hydrogens is 586 g/mol. The number of carbonyl (C=O) groups excluding carboxylic acids is 2. The SMILES string of the molecule is Cc1cccc(OCCCC(=O)N2CCCc3c(-c4cccc(COC(=O)NCCC[C@H](NC(=N)N)C(=O)O)c4)cccc32)c1C. The number of anilines is 1. The molecular formula is C35H43N5O6. The fourth-order valence-electron chi connectivity index (χ4n) is 5.55. The molecule has 2 amide bonds. The maximum atomic E-state index is 13.3. The van der Waals surface area contributed by atoms with Crippen LogP contribution in [-0.4, -0.2) is 54.8 Å². The normalized spacial score (nSPS) is 12.9. The first kappa shape index (κ1) is 33.8. The van der Waals surface area contributed by atoms with E-state index >= 15 is 0 Å². The Bertz CT molecular complexity index is 1560. The second-order valence-electron chi connectivity index (χ2n) is 11.4. The molecule has 1 atom stereocenters. The Morgan fingerprint density at radius 3 is 2.63 bits per heavy atom. The van der Waals surface area contributed by atoms with E-state index in [2.05, 4.69) is 29.7 Å². The number of nitrogens with one attached hydrogen (secondary N) is 3. The standard InChI is InChI=1S/C35H43N5O6/c1-23-9-3-16-31(24(23)2)45-20-8-17-32(41)40-19-7-13-28-27(12-5-15-30(28)40)26-11-4-10-25(21-26)22-46-35(44)38-18-6-14-29(33(42)43)39-34(36)37/h3-5,9-12,15-16,21,29H,6-8,13-14,17-20,22H2,1-2H3,(H,38,44)(H,42,43)(H4,36,37,39)/t29-/m0/s1. The van der Waals surface area contributed by atoms with Crippen molar-refractivity contribution >= 4 is 29.6 Å². The molecule has 244 valence electrons. The zero-order chi connectivity index (χ0) is 33.1. The van der Waals surface area contributed by atoms with Crippen LogP contribution >= 0.6 is 0 Å². The van der Waals surface area contributed by atoms with Gasteiger partial charge < -0.3 is 35.8 Å². The van der Waals surface area contributed by atoms with Crippen LogP contribution < -0.4 is 26.0 Å². The third-order valence-corrected chi connectivity index (χ3v) is 8.07. The van der Waals surface area contributed by atoms with Gasteiger partial charge in [0.25, 0.3) is 0 Å². The summed E-state index contributed by atoms with van der Waals surface area (Å²) in [5.74, 6) is -0.593. The Balaban J connectivity index is 1.31. The van der Waals surface area contributed by atoms with Gasteiger partial charge in [-0.05, 0) is 97.5 Å². The van der Waals surface area contributed by atoms with E-state index in [4.69, 9.17) is 20.6 Å². The van der Waals surface area contributed by atoms with Crippen LogP contribution in [0.15, 0.2) is 60.7 Å². The number of carboxylic acids is 1. The number of aliphatic carboxylic acids is 1. The van der Waals surface area contributed by atoms with Crippen LogP contribution in [0.2, 0.25) is 0 Å². The van der Waals surface area contributed by atoms with E-state index in [1.54, 1.807) is 0 Å². The Morgan fingerprint density at radius 1 is 1.07 bits per heavy atom. The van der Waals surface area contributed by atoms with Gasteiger partial charge in [-0.25, -0.2) is 9.59 Å². The van der Waals surface area contributed by atoms with Gasteiger partial charge in [-0.2, -0.15) is 0 Å². The van der Waals surface area contributed by atoms with Crippen LogP contribution in [0.25, 0.3) is 11.1 Å². The first-order valence-electron chi connectivity index (χ1n) is 15.6. The molecule has 0 bridgehead atoms. The molecule has 4 rings (SSSR count). The molecule has 0 spiro atoms. The topological polar surface area (TPSA) is 167 Å². The van der Waals surface area contributed by atoms with Crippen molar-refractivity contribution in [1.82, 2.24) is 10.6 Å². The molecule has 1 aliphatic heterocycles. The maximum Gasteiger partial charge on any atom is 0.407 e. The van der Waals surface area contributed by atoms with Gasteiger partial charge in [-0.1, -0.05) is 42.5 Å². The summed E-state index contributed by atoms with van der Waals surface area (Å²) in [6.45, 7) is 5.54. The molecule has 46 heavy (non-hydrogen) atoms. The predicted octanol–water partition coefficient (Wildman–Crippen LogP) is 5.05. The molecule has 0 aromatic heterocycles. The monoisotopic (exact) mass is 629 g/mol. The number of hydrogen-bond acceptors (Lipinski definition) is 6. The minimum Gasteiger partial charge on any atom is -0.493 e. The number of hydrogen-bond donors (Lipinski definition) is 5. The van der Waals surface area contributed by atoms with Gasteiger partial charge in [0.15, 0.2) is 5.96 Å². The van der Waals surface area contributed by atoms with Crippen molar-refractivity contribution in [2.75, 3.05) is 24.6 Å². The number of rotatable bonds is 14. The lowest BCUT2D eigenvalue weighted by Gasteiger charge is -2.31. The Kier molecular flexibility index (Phi) is 12.0. The number of carbonyl (C=O) groups is 3. The van der Waals surface area contributed by atoms with E-state index < -0.39 is 24.1 Å². The van der Waals surface area contributed by atoms with E-state index in [0.717, 1.165) is 52.1 Å². The minimum absolute atomic E-state index is 0.0626. The summed E-state index contributed by atoms with van der Waals surface area (Å²) in [5, 5.41) is 21.4. The average molecular weight is 630 g/mol. The fourth-order valence-corrected chi connectivity index (χ4v) is 5.55. The van der Waals surface area contributed by atoms with E-state index in [0.29, 0.717) is 32.4 Å². The summed E-state index contributed by atoms with van der Waals surface area (Å²) in [5.41, 5.74) is 12.4. The van der Waals surface area contributed by atoms with Gasteiger partial charge in [0.1, 0.15) is 18.4 Å². The average Bonchev–Trinajstić information content (AvgIpc) is 3.04. The molecule has 0 saturated carbocycles. The van der Waals surface area contributed by atoms with Crippen LogP contribution in [-0.2, 0) is 27.4 Å². The number of amides is 2. The molecule has 6 N–H and O–H groups in total. The van der Waals surface area contributed by atoms with Crippen molar-refractivity contribution in [1.29, 1.82) is 5.41 Å². The molecule has 11 heteroatoms. The highest BCUT2D eigenvalue weighted by Crippen LogP contribution is 2.36. The Labute approximate surface area is 269 Å². The molecule has 1 heterocycles. The van der Waals surface area contributed by atoms with Crippen LogP contribution in [0.4, 0.5) is 10.5 Å². The van der Waals surface area contributed by atoms with E-state index in [1.165, 1.54) is 5.56 Å². The van der Waals surface area contributed by atoms with Crippen molar-refractivity contribution in [3.63, 3.8) is 0 Å². The third-order valence-electron chi connectivity index (χ3n) is 8.07. The lowest BCUT2D eigenvalue weighted by atomic mass is 9.91. The fraction of sp³-hybridized carbons (Fsp3) is 0.371. The van der Waals surface area contributed by atoms with Gasteiger partial charge in [0.05, 0.1) is 6.61 Å². The number of benzene rings is 3. The largest absolute Gasteiger partial charge is 0.493 e. The zero-order valence-electron chi connectivity index (χ0n) is 26.4. The molecule has 3 aromatic carbocycles. The molecule has 1 aliphatic rings. The van der Waals surface area contributed by atoms with Crippen LogP contribution in [0.3, 0.4) is 0 Å². The van der Waals surface area contributed by atoms with Crippen LogP contribution in [0.1, 0.15) is 54.4 Å². The third kappa shape index (κ3) is 9.23. The quantitative estimate of drug-likeness (QED) is 0.0938. The molecule has 3 aromatic rings. The highest BCUT2D eigenvalue weighted by atomic mass is 16.5. The van der Waals surface area contributed by atoms with E-state index in [9.17, 15) is 19.5 Å². The first-order chi connectivity index (χ1) is 22.1. The minimum atomic E-state index is -1.12. The summed E-state index contributed by atoms with van der Waals surface area (Å²) in [7, 11) is 0. The summed E-state index contributed by atoms with van der Waals surface area (Å²) in [6.07, 6.45) is 2.70. The van der Waals surface area contributed by atoms with Crippen molar-refractivity contribution < 1.29 is 29.0 Å². The number of ether oxygens (including phenoxy) is 2. The molecule has 0 fully saturated rings. The van der Waals surface area contributed by atoms with E-state index in [1.807, 2.05) is 60.4 Å². The predicted molar refractivity (Wildman–Crippen MR) is 177 cm³/mol. The molecule has 0 radical (unpaired) electrons. The number of nitrogens with zero attached hydrogens (tertiary/aromatic N) is 1. The number of aryl methyl sites for hydroxylation is 1. The van der Waals surface area contributed by atoms with Crippen LogP contribution in [0.5, 0.6) is 5.75 Å². The summed E-state index contributed by atoms with van der Waals surface area (Å²) in [4.78, 5) is 38.7. The highest BCUT2D eigenvalue weighted by molar-refractivity contribution is 5.96. The van der Waals surface area contributed by atoms with Gasteiger partial charge in [0.2, 0.25) is 5.91 Å². The van der Waals surface area contributed by atoms with Crippen molar-refractivity contribution in [2.24, 2.45) is 5.73 Å². The number of alkyl carbamates (subject to hydrolysis) is 1. The van der Waals surface area contributed by atoms with Crippen molar-refractivity contribution in [3.8, 4) is 16.9 Å². The maximum absolute atomic E-state index is 13.3. The van der Waals surface area contributed by atoms with Gasteiger partial charge in [0, 0.05) is 25.2 Å². The van der Waals surface area contributed by atoms with Gasteiger partial charge in [-0.3, -0.25) is 10.2 Å². The number of carboxylic acid groups (broad SMARTS) is 1. The van der Waals surface area contributed by atoms with Crippen molar-refractivity contribution in [2.45, 2.75) is 65.0 Å². The lowest BCUT2D eigenvalue weighted by molar-refractivity contribution is -0.139. The number of nitrogens with two attached hydrogens (primary N) is 1. The highest BCUT2D eigenvalue weighted by Gasteiger charge is 2.24. The Hall–Kier alpha value is -5.06. The number of guanidine groups is 1. The first-order valence-corrected chi connectivity index (χ1v) is 15.6. The molecule has 0 aliphatic carbocycles. The van der Waals surface area contributed by atoms with Gasteiger partial charge in [-0.15, -0.1) is 0 Å². The second kappa shape index (κ2) is 16.3. The summed E-state index contributed by atoms with van der Waals surface area (Å²) < 4.78 is 11.3. The van der Waals surface area contributed by atoms with Gasteiger partial charge >= 0.3 is 12.1 Å². The summed E-state index contributed by atoms with van der Waals surface area (Å²) in [6, 6.07) is 18.8. The Morgan fingerprint density at radius 2 is 1.85 bits per heavy atom. The zero-order valence-corrected chi connectivity index (χ0v) is 26.4. The molecule has 0 unspecified atom stereocenters. The van der Waals surface area contributed by atoms with Crippen LogP contribution in [0, 0.1) is 19.3 Å². The number of fused-ring (bicyclic) bond motifs is 1. The lowest BCUT2D eigenvalue weighted by Crippen LogP contribution is -2.44. The van der Waals surface area contributed by atoms with E-state index in [-0.39, 0.29) is 25.5 Å². The molecule has 0 saturated heterocycles. The molecule has 11 nitrogen and oxygen atoms in total. The summed E-state index contributed by atoms with van der Waals surface area (Å²) >= 11 is 0. The smallest absolute Gasteiger partial charge is 0.407 e. The van der Waals surface area contributed by atoms with Crippen molar-refractivity contribution in [3.05, 3.63) is 82.9 Å².